The van der Waals surface area contributed by atoms with Crippen LogP contribution in [0.5, 0.6) is 0 Å². The topological polar surface area (TPSA) is 49.4 Å². The SMILES string of the molecule is Cc1cccc(NC2=C(c3ccc(Cl)cc3)C(=O)N(c3cccc(Cl)c3C)C2=O)c1C. The molecule has 0 aromatic heterocycles. The zero-order valence-corrected chi connectivity index (χ0v) is 18.8. The Labute approximate surface area is 191 Å². The van der Waals surface area contributed by atoms with Crippen LogP contribution >= 0.6 is 23.2 Å². The number of imide groups is 1. The molecule has 1 N–H and O–H groups in total. The van der Waals surface area contributed by atoms with Crippen molar-refractivity contribution in [1.82, 2.24) is 0 Å². The normalized spacial score (nSPS) is 13.9. The largest absolute Gasteiger partial charge is 0.350 e. The van der Waals surface area contributed by atoms with E-state index in [1.165, 1.54) is 4.90 Å². The monoisotopic (exact) mass is 450 g/mol. The fraction of sp³-hybridized carbons (Fsp3) is 0.120. The van der Waals surface area contributed by atoms with Gasteiger partial charge in [0, 0.05) is 15.7 Å². The van der Waals surface area contributed by atoms with E-state index in [0.29, 0.717) is 32.4 Å². The van der Waals surface area contributed by atoms with Gasteiger partial charge in [0.2, 0.25) is 0 Å². The third kappa shape index (κ3) is 3.73. The summed E-state index contributed by atoms with van der Waals surface area (Å²) in [7, 11) is 0. The van der Waals surface area contributed by atoms with Crippen LogP contribution in [0.1, 0.15) is 22.3 Å². The van der Waals surface area contributed by atoms with Crippen LogP contribution in [-0.4, -0.2) is 11.8 Å². The molecule has 3 aromatic rings. The van der Waals surface area contributed by atoms with Crippen LogP contribution in [0.3, 0.4) is 0 Å². The van der Waals surface area contributed by atoms with E-state index < -0.39 is 11.8 Å². The highest BCUT2D eigenvalue weighted by Gasteiger charge is 2.41. The number of hydrogen-bond acceptors (Lipinski definition) is 3. The second-order valence-electron chi connectivity index (χ2n) is 7.46. The highest BCUT2D eigenvalue weighted by Crippen LogP contribution is 2.37. The van der Waals surface area contributed by atoms with E-state index in [4.69, 9.17) is 23.2 Å². The summed E-state index contributed by atoms with van der Waals surface area (Å²) >= 11 is 12.3. The Morgan fingerprint density at radius 3 is 2.16 bits per heavy atom. The molecule has 2 amide bonds. The molecule has 0 spiro atoms. The number of rotatable bonds is 4. The molecule has 1 heterocycles. The van der Waals surface area contributed by atoms with Gasteiger partial charge in [0.1, 0.15) is 5.70 Å². The number of amides is 2. The summed E-state index contributed by atoms with van der Waals surface area (Å²) in [6.45, 7) is 5.76. The Kier molecular flexibility index (Phi) is 5.61. The third-order valence-corrected chi connectivity index (χ3v) is 6.22. The zero-order chi connectivity index (χ0) is 22.3. The fourth-order valence-electron chi connectivity index (χ4n) is 3.61. The second kappa shape index (κ2) is 8.22. The van der Waals surface area contributed by atoms with E-state index in [1.54, 1.807) is 49.4 Å². The van der Waals surface area contributed by atoms with Crippen molar-refractivity contribution in [1.29, 1.82) is 0 Å². The van der Waals surface area contributed by atoms with Crippen molar-refractivity contribution < 1.29 is 9.59 Å². The number of benzene rings is 3. The minimum absolute atomic E-state index is 0.223. The molecular weight excluding hydrogens is 431 g/mol. The molecule has 6 heteroatoms. The molecular formula is C25H20Cl2N2O2. The maximum atomic E-state index is 13.5. The van der Waals surface area contributed by atoms with Gasteiger partial charge >= 0.3 is 0 Å². The van der Waals surface area contributed by atoms with Crippen LogP contribution in [0.2, 0.25) is 10.0 Å². The molecule has 0 saturated carbocycles. The lowest BCUT2D eigenvalue weighted by Crippen LogP contribution is -2.33. The van der Waals surface area contributed by atoms with E-state index in [2.05, 4.69) is 5.32 Å². The lowest BCUT2D eigenvalue weighted by Gasteiger charge is -2.18. The molecule has 31 heavy (non-hydrogen) atoms. The molecule has 0 radical (unpaired) electrons. The van der Waals surface area contributed by atoms with Crippen LogP contribution < -0.4 is 10.2 Å². The smallest absolute Gasteiger partial charge is 0.282 e. The first kappa shape index (κ1) is 21.2. The number of carbonyl (C=O) groups is 2. The maximum Gasteiger partial charge on any atom is 0.282 e. The van der Waals surface area contributed by atoms with Gasteiger partial charge in [-0.05, 0) is 73.4 Å². The molecule has 1 aliphatic rings. The number of aryl methyl sites for hydroxylation is 1. The van der Waals surface area contributed by atoms with Crippen molar-refractivity contribution in [3.05, 3.63) is 98.7 Å². The summed E-state index contributed by atoms with van der Waals surface area (Å²) in [6.07, 6.45) is 0. The van der Waals surface area contributed by atoms with E-state index in [0.717, 1.165) is 16.8 Å². The van der Waals surface area contributed by atoms with E-state index in [-0.39, 0.29) is 5.70 Å². The molecule has 0 unspecified atom stereocenters. The lowest BCUT2D eigenvalue weighted by molar-refractivity contribution is -0.120. The van der Waals surface area contributed by atoms with Gasteiger partial charge in [0.15, 0.2) is 0 Å². The average Bonchev–Trinajstić information content (AvgIpc) is 2.98. The highest BCUT2D eigenvalue weighted by atomic mass is 35.5. The van der Waals surface area contributed by atoms with Gasteiger partial charge in [-0.2, -0.15) is 0 Å². The molecule has 156 valence electrons. The molecule has 3 aromatic carbocycles. The van der Waals surface area contributed by atoms with Gasteiger partial charge in [0.25, 0.3) is 11.8 Å². The Morgan fingerprint density at radius 1 is 0.774 bits per heavy atom. The van der Waals surface area contributed by atoms with Gasteiger partial charge in [-0.15, -0.1) is 0 Å². The summed E-state index contributed by atoms with van der Waals surface area (Å²) < 4.78 is 0. The number of nitrogens with zero attached hydrogens (tertiary/aromatic N) is 1. The Morgan fingerprint density at radius 2 is 1.45 bits per heavy atom. The van der Waals surface area contributed by atoms with Crippen LogP contribution in [0.15, 0.2) is 66.4 Å². The van der Waals surface area contributed by atoms with Gasteiger partial charge in [0.05, 0.1) is 11.3 Å². The summed E-state index contributed by atoms with van der Waals surface area (Å²) in [5.74, 6) is -0.841. The fourth-order valence-corrected chi connectivity index (χ4v) is 3.90. The molecule has 4 nitrogen and oxygen atoms in total. The minimum atomic E-state index is -0.429. The number of hydrogen-bond donors (Lipinski definition) is 1. The number of anilines is 2. The summed E-state index contributed by atoms with van der Waals surface area (Å²) in [5.41, 5.74) is 5.11. The number of carbonyl (C=O) groups excluding carboxylic acids is 2. The predicted molar refractivity (Wildman–Crippen MR) is 127 cm³/mol. The van der Waals surface area contributed by atoms with E-state index in [1.807, 2.05) is 32.0 Å². The van der Waals surface area contributed by atoms with Crippen molar-refractivity contribution in [2.75, 3.05) is 10.2 Å². The van der Waals surface area contributed by atoms with Crippen LogP contribution in [0.4, 0.5) is 11.4 Å². The molecule has 0 bridgehead atoms. The first-order valence-corrected chi connectivity index (χ1v) is 10.5. The quantitative estimate of drug-likeness (QED) is 0.473. The Bertz CT molecular complexity index is 1250. The number of nitrogens with one attached hydrogen (secondary N) is 1. The van der Waals surface area contributed by atoms with Crippen LogP contribution in [0.25, 0.3) is 5.57 Å². The summed E-state index contributed by atoms with van der Waals surface area (Å²) in [5, 5.41) is 4.27. The van der Waals surface area contributed by atoms with Gasteiger partial charge in [-0.25, -0.2) is 4.90 Å². The van der Waals surface area contributed by atoms with Crippen LogP contribution in [0, 0.1) is 20.8 Å². The van der Waals surface area contributed by atoms with Gasteiger partial charge < -0.3 is 5.32 Å². The third-order valence-electron chi connectivity index (χ3n) is 5.56. The van der Waals surface area contributed by atoms with Crippen molar-refractivity contribution in [3.63, 3.8) is 0 Å². The van der Waals surface area contributed by atoms with Crippen LogP contribution in [-0.2, 0) is 9.59 Å². The van der Waals surface area contributed by atoms with Crippen molar-refractivity contribution in [2.24, 2.45) is 0 Å². The van der Waals surface area contributed by atoms with Gasteiger partial charge in [-0.1, -0.05) is 53.5 Å². The van der Waals surface area contributed by atoms with Crippen molar-refractivity contribution in [2.45, 2.75) is 20.8 Å². The lowest BCUT2D eigenvalue weighted by atomic mass is 10.0. The highest BCUT2D eigenvalue weighted by molar-refractivity contribution is 6.46. The Balaban J connectivity index is 1.88. The van der Waals surface area contributed by atoms with E-state index in [9.17, 15) is 9.59 Å². The molecule has 0 aliphatic carbocycles. The Hall–Kier alpha value is -3.08. The van der Waals surface area contributed by atoms with Gasteiger partial charge in [-0.3, -0.25) is 9.59 Å². The minimum Gasteiger partial charge on any atom is -0.350 e. The maximum absolute atomic E-state index is 13.5. The first-order valence-electron chi connectivity index (χ1n) is 9.77. The molecule has 4 rings (SSSR count). The average molecular weight is 451 g/mol. The molecule has 0 saturated heterocycles. The van der Waals surface area contributed by atoms with Crippen molar-refractivity contribution >= 4 is 52.0 Å². The second-order valence-corrected chi connectivity index (χ2v) is 8.30. The first-order chi connectivity index (χ1) is 14.8. The van der Waals surface area contributed by atoms with E-state index >= 15 is 0 Å². The molecule has 0 fully saturated rings. The van der Waals surface area contributed by atoms with Crippen molar-refractivity contribution in [3.8, 4) is 0 Å². The predicted octanol–water partition coefficient (Wildman–Crippen LogP) is 6.32. The molecule has 1 aliphatic heterocycles. The summed E-state index contributed by atoms with van der Waals surface area (Å²) in [4.78, 5) is 28.3. The zero-order valence-electron chi connectivity index (χ0n) is 17.3. The summed E-state index contributed by atoms with van der Waals surface area (Å²) in [6, 6.07) is 17.8. The standard InChI is InChI=1S/C25H20Cl2N2O2/c1-14-6-4-8-20(15(14)2)28-23-22(17-10-12-18(26)13-11-17)24(30)29(25(23)31)21-9-5-7-19(27)16(21)3/h4-13,28H,1-3H3. The number of halogens is 2. The molecule has 0 atom stereocenters.